The maximum absolute atomic E-state index is 13.0. The van der Waals surface area contributed by atoms with Gasteiger partial charge in [-0.15, -0.1) is 0 Å². The van der Waals surface area contributed by atoms with Crippen molar-refractivity contribution >= 4 is 38.7 Å². The molecule has 2 aliphatic rings. The molecule has 29 heavy (non-hydrogen) atoms. The van der Waals surface area contributed by atoms with Gasteiger partial charge in [0.2, 0.25) is 5.91 Å². The molecule has 0 saturated carbocycles. The third-order valence-electron chi connectivity index (χ3n) is 5.44. The molecule has 0 bridgehead atoms. The van der Waals surface area contributed by atoms with Gasteiger partial charge in [0.25, 0.3) is 5.91 Å². The Balaban J connectivity index is 1.51. The maximum Gasteiger partial charge on any atom is 0.325 e. The van der Waals surface area contributed by atoms with E-state index >= 15 is 0 Å². The molecule has 2 aliphatic heterocycles. The van der Waals surface area contributed by atoms with E-state index in [-0.39, 0.29) is 23.7 Å². The molecule has 4 rings (SSSR count). The Bertz CT molecular complexity index is 1110. The zero-order valence-corrected chi connectivity index (χ0v) is 16.8. The number of nitrogens with zero attached hydrogens (tertiary/aromatic N) is 1. The number of hydrogen-bond donors (Lipinski definition) is 2. The summed E-state index contributed by atoms with van der Waals surface area (Å²) in [5.41, 5.74) is -1.76. The topological polar surface area (TPSA) is 126 Å². The first kappa shape index (κ1) is 19.4. The minimum absolute atomic E-state index is 0.00294. The Morgan fingerprint density at radius 1 is 1.28 bits per heavy atom. The van der Waals surface area contributed by atoms with Crippen molar-refractivity contribution in [1.82, 2.24) is 15.5 Å². The molecule has 2 N–H and O–H groups in total. The molecule has 0 unspecified atom stereocenters. The lowest BCUT2D eigenvalue weighted by atomic mass is 9.98. The lowest BCUT2D eigenvalue weighted by Crippen LogP contribution is -2.51. The van der Waals surface area contributed by atoms with Gasteiger partial charge in [0.05, 0.1) is 17.0 Å². The Labute approximate surface area is 167 Å². The van der Waals surface area contributed by atoms with E-state index in [2.05, 4.69) is 10.6 Å². The molecule has 1 aromatic carbocycles. The van der Waals surface area contributed by atoms with E-state index in [9.17, 15) is 22.8 Å². The number of carbonyl (C=O) groups is 3. The smallest absolute Gasteiger partial charge is 0.325 e. The second-order valence-electron chi connectivity index (χ2n) is 8.05. The van der Waals surface area contributed by atoms with Gasteiger partial charge in [0, 0.05) is 5.39 Å². The molecule has 10 heteroatoms. The van der Waals surface area contributed by atoms with E-state index in [1.54, 1.807) is 25.1 Å². The number of amides is 4. The van der Waals surface area contributed by atoms with Crippen LogP contribution in [0.1, 0.15) is 26.0 Å². The molecule has 0 aliphatic carbocycles. The van der Waals surface area contributed by atoms with Crippen LogP contribution in [-0.4, -0.2) is 54.8 Å². The van der Waals surface area contributed by atoms with Gasteiger partial charge in [-0.2, -0.15) is 0 Å². The molecule has 2 aromatic rings. The number of benzene rings is 1. The van der Waals surface area contributed by atoms with Gasteiger partial charge in [0.15, 0.2) is 15.4 Å². The molecule has 2 fully saturated rings. The monoisotopic (exact) mass is 419 g/mol. The van der Waals surface area contributed by atoms with Crippen LogP contribution in [0.15, 0.2) is 34.7 Å². The molecule has 1 aromatic heterocycles. The van der Waals surface area contributed by atoms with Crippen molar-refractivity contribution in [1.29, 1.82) is 0 Å². The van der Waals surface area contributed by atoms with E-state index < -0.39 is 45.3 Å². The van der Waals surface area contributed by atoms with Gasteiger partial charge in [-0.3, -0.25) is 14.5 Å². The standard InChI is InChI=1S/C19H21N3O6S/c1-18(7-8-29(26,27)11-18)20-15(23)10-22-16(24)19(2,21-17(22)25)14-9-12-5-3-4-6-13(12)28-14/h3-6,9H,7-8,10-11H2,1-2H3,(H,20,23)(H,21,25)/t18-,19+/m1/s1. The van der Waals surface area contributed by atoms with Gasteiger partial charge in [-0.25, -0.2) is 13.2 Å². The molecule has 3 heterocycles. The summed E-state index contributed by atoms with van der Waals surface area (Å²) in [6, 6.07) is 8.19. The quantitative estimate of drug-likeness (QED) is 0.709. The van der Waals surface area contributed by atoms with Crippen LogP contribution in [-0.2, 0) is 25.0 Å². The van der Waals surface area contributed by atoms with Crippen LogP contribution >= 0.6 is 0 Å². The highest BCUT2D eigenvalue weighted by Crippen LogP contribution is 2.33. The Morgan fingerprint density at radius 2 is 2.00 bits per heavy atom. The van der Waals surface area contributed by atoms with Crippen molar-refractivity contribution in [2.75, 3.05) is 18.1 Å². The molecular formula is C19H21N3O6S. The van der Waals surface area contributed by atoms with Gasteiger partial charge in [-0.1, -0.05) is 18.2 Å². The van der Waals surface area contributed by atoms with Gasteiger partial charge < -0.3 is 15.1 Å². The van der Waals surface area contributed by atoms with E-state index in [1.807, 2.05) is 12.1 Å². The summed E-state index contributed by atoms with van der Waals surface area (Å²) in [7, 11) is -3.20. The third kappa shape index (κ3) is 3.37. The lowest BCUT2D eigenvalue weighted by Gasteiger charge is -2.25. The number of furan rings is 1. The zero-order chi connectivity index (χ0) is 21.0. The normalized spacial score (nSPS) is 28.7. The molecule has 2 atom stereocenters. The molecule has 0 spiro atoms. The van der Waals surface area contributed by atoms with Crippen LogP contribution in [0.4, 0.5) is 4.79 Å². The second kappa shape index (κ2) is 6.31. The Hall–Kier alpha value is -2.88. The van der Waals surface area contributed by atoms with Crippen LogP contribution in [0, 0.1) is 0 Å². The van der Waals surface area contributed by atoms with Gasteiger partial charge in [0.1, 0.15) is 17.9 Å². The number of nitrogens with one attached hydrogen (secondary N) is 2. The lowest BCUT2D eigenvalue weighted by molar-refractivity contribution is -0.135. The summed E-state index contributed by atoms with van der Waals surface area (Å²) in [5, 5.41) is 6.04. The van der Waals surface area contributed by atoms with Crippen molar-refractivity contribution < 1.29 is 27.2 Å². The average molecular weight is 419 g/mol. The summed E-state index contributed by atoms with van der Waals surface area (Å²) >= 11 is 0. The molecule has 0 radical (unpaired) electrons. The summed E-state index contributed by atoms with van der Waals surface area (Å²) < 4.78 is 29.1. The van der Waals surface area contributed by atoms with Crippen LogP contribution in [0.25, 0.3) is 11.0 Å². The predicted molar refractivity (Wildman–Crippen MR) is 104 cm³/mol. The molecule has 9 nitrogen and oxygen atoms in total. The van der Waals surface area contributed by atoms with Crippen molar-refractivity contribution in [2.24, 2.45) is 0 Å². The number of para-hydroxylation sites is 1. The first-order valence-electron chi connectivity index (χ1n) is 9.16. The van der Waals surface area contributed by atoms with E-state index in [0.717, 1.165) is 10.3 Å². The van der Waals surface area contributed by atoms with Crippen LogP contribution in [0.3, 0.4) is 0 Å². The zero-order valence-electron chi connectivity index (χ0n) is 16.0. The fourth-order valence-electron chi connectivity index (χ4n) is 3.86. The SMILES string of the molecule is C[C@@]1(NC(=O)CN2C(=O)N[C@@](C)(c3cc4ccccc4o3)C2=O)CCS(=O)(=O)C1. The van der Waals surface area contributed by atoms with E-state index in [1.165, 1.54) is 6.92 Å². The molecule has 4 amide bonds. The number of carbonyl (C=O) groups excluding carboxylic acids is 3. The van der Waals surface area contributed by atoms with Crippen molar-refractivity contribution in [2.45, 2.75) is 31.3 Å². The minimum atomic E-state index is -3.20. The number of sulfone groups is 1. The third-order valence-corrected chi connectivity index (χ3v) is 7.34. The highest BCUT2D eigenvalue weighted by atomic mass is 32.2. The summed E-state index contributed by atoms with van der Waals surface area (Å²) in [6.07, 6.45) is 0.290. The number of hydrogen-bond acceptors (Lipinski definition) is 6. The fraction of sp³-hybridized carbons (Fsp3) is 0.421. The maximum atomic E-state index is 13.0. The Morgan fingerprint density at radius 3 is 2.66 bits per heavy atom. The molecule has 2 saturated heterocycles. The average Bonchev–Trinajstić information content (AvgIpc) is 3.24. The van der Waals surface area contributed by atoms with Gasteiger partial charge >= 0.3 is 6.03 Å². The fourth-order valence-corrected chi connectivity index (χ4v) is 5.96. The highest BCUT2D eigenvalue weighted by Gasteiger charge is 2.52. The summed E-state index contributed by atoms with van der Waals surface area (Å²) in [5.74, 6) is -1.10. The first-order valence-corrected chi connectivity index (χ1v) is 11.0. The number of rotatable bonds is 4. The van der Waals surface area contributed by atoms with Crippen LogP contribution in [0.2, 0.25) is 0 Å². The van der Waals surface area contributed by atoms with Crippen LogP contribution < -0.4 is 10.6 Å². The summed E-state index contributed by atoms with van der Waals surface area (Å²) in [6.45, 7) is 2.66. The predicted octanol–water partition coefficient (Wildman–Crippen LogP) is 0.893. The van der Waals surface area contributed by atoms with Crippen molar-refractivity contribution in [3.63, 3.8) is 0 Å². The minimum Gasteiger partial charge on any atom is -0.458 e. The van der Waals surface area contributed by atoms with E-state index in [0.29, 0.717) is 5.58 Å². The van der Waals surface area contributed by atoms with Gasteiger partial charge in [-0.05, 0) is 32.4 Å². The first-order chi connectivity index (χ1) is 13.5. The number of imide groups is 1. The Kier molecular flexibility index (Phi) is 4.23. The molecular weight excluding hydrogens is 398 g/mol. The largest absolute Gasteiger partial charge is 0.458 e. The highest BCUT2D eigenvalue weighted by molar-refractivity contribution is 7.91. The van der Waals surface area contributed by atoms with Crippen LogP contribution in [0.5, 0.6) is 0 Å². The van der Waals surface area contributed by atoms with E-state index in [4.69, 9.17) is 4.42 Å². The second-order valence-corrected chi connectivity index (χ2v) is 10.2. The van der Waals surface area contributed by atoms with Crippen molar-refractivity contribution in [3.8, 4) is 0 Å². The summed E-state index contributed by atoms with van der Waals surface area (Å²) in [4.78, 5) is 38.7. The number of urea groups is 1. The van der Waals surface area contributed by atoms with Crippen molar-refractivity contribution in [3.05, 3.63) is 36.1 Å². The number of fused-ring (bicyclic) bond motifs is 1. The molecule has 154 valence electrons.